The fraction of sp³-hybridized carbons (Fsp3) is 0.114. The van der Waals surface area contributed by atoms with Crippen LogP contribution in [0.4, 0.5) is 16.4 Å². The van der Waals surface area contributed by atoms with Crippen molar-refractivity contribution in [2.24, 2.45) is 0 Å². The van der Waals surface area contributed by atoms with Crippen LogP contribution >= 0.6 is 11.3 Å². The first-order chi connectivity index (χ1) is 19.7. The lowest BCUT2D eigenvalue weighted by molar-refractivity contribution is 1.10. The van der Waals surface area contributed by atoms with Crippen molar-refractivity contribution in [3.05, 3.63) is 133 Å². The topological polar surface area (TPSA) is 41.9 Å². The second-order valence-corrected chi connectivity index (χ2v) is 10.6. The number of pyridine rings is 3. The molecule has 6 rings (SSSR count). The Labute approximate surface area is 239 Å². The van der Waals surface area contributed by atoms with Crippen molar-refractivity contribution in [2.75, 3.05) is 4.90 Å². The Morgan fingerprint density at radius 2 is 1.15 bits per heavy atom. The van der Waals surface area contributed by atoms with Crippen LogP contribution in [0, 0.1) is 0 Å². The van der Waals surface area contributed by atoms with Crippen LogP contribution in [0.5, 0.6) is 0 Å². The highest BCUT2D eigenvalue weighted by Gasteiger charge is 2.16. The molecule has 196 valence electrons. The highest BCUT2D eigenvalue weighted by Crippen LogP contribution is 2.42. The normalized spacial score (nSPS) is 10.9. The molecule has 6 aromatic rings. The molecule has 0 saturated heterocycles. The summed E-state index contributed by atoms with van der Waals surface area (Å²) in [5.74, 6) is 0. The predicted octanol–water partition coefficient (Wildman–Crippen LogP) is 9.53. The van der Waals surface area contributed by atoms with Crippen LogP contribution in [0.2, 0.25) is 0 Å². The van der Waals surface area contributed by atoms with Crippen molar-refractivity contribution in [1.82, 2.24) is 15.0 Å². The van der Waals surface area contributed by atoms with Crippen LogP contribution in [0.15, 0.2) is 122 Å². The molecule has 5 heteroatoms. The fourth-order valence-electron chi connectivity index (χ4n) is 4.77. The van der Waals surface area contributed by atoms with Crippen LogP contribution in [0.25, 0.3) is 33.2 Å². The summed E-state index contributed by atoms with van der Waals surface area (Å²) in [6.07, 6.45) is 5.63. The Kier molecular flexibility index (Phi) is 7.47. The Bertz CT molecular complexity index is 1690. The van der Waals surface area contributed by atoms with Gasteiger partial charge in [-0.05, 0) is 102 Å². The van der Waals surface area contributed by atoms with E-state index in [2.05, 4.69) is 133 Å². The van der Waals surface area contributed by atoms with E-state index in [-0.39, 0.29) is 0 Å². The summed E-state index contributed by atoms with van der Waals surface area (Å²) >= 11 is 1.77. The van der Waals surface area contributed by atoms with Crippen molar-refractivity contribution in [2.45, 2.75) is 26.7 Å². The molecule has 2 aromatic carbocycles. The van der Waals surface area contributed by atoms with Crippen molar-refractivity contribution in [1.29, 1.82) is 0 Å². The van der Waals surface area contributed by atoms with E-state index in [1.807, 2.05) is 12.4 Å². The molecule has 0 N–H and O–H groups in total. The minimum absolute atomic E-state index is 0.860. The van der Waals surface area contributed by atoms with E-state index in [1.54, 1.807) is 11.3 Å². The maximum atomic E-state index is 5.01. The monoisotopic (exact) mass is 538 g/mol. The van der Waals surface area contributed by atoms with Gasteiger partial charge in [-0.2, -0.15) is 0 Å². The summed E-state index contributed by atoms with van der Waals surface area (Å²) in [5, 5.41) is 1.15. The number of nitrogens with zero attached hydrogens (tertiary/aromatic N) is 4. The van der Waals surface area contributed by atoms with Gasteiger partial charge < -0.3 is 4.90 Å². The number of rotatable bonds is 8. The summed E-state index contributed by atoms with van der Waals surface area (Å²) in [6.45, 7) is 4.33. The van der Waals surface area contributed by atoms with Gasteiger partial charge in [0.1, 0.15) is 5.00 Å². The SMILES string of the molecule is CCc1ccnc(-c2cc(CC)cc(-c3cc(-c4ccc(N(c5ccccc5)c5ccccc5)s4)ccn3)n2)c1. The van der Waals surface area contributed by atoms with Crippen LogP contribution in [0.1, 0.15) is 25.0 Å². The summed E-state index contributed by atoms with van der Waals surface area (Å²) in [5.41, 5.74) is 9.37. The van der Waals surface area contributed by atoms with Crippen molar-refractivity contribution in [3.8, 4) is 33.2 Å². The van der Waals surface area contributed by atoms with Gasteiger partial charge >= 0.3 is 0 Å². The third kappa shape index (κ3) is 5.42. The molecule has 0 fully saturated rings. The first-order valence-electron chi connectivity index (χ1n) is 13.6. The number of hydrogen-bond donors (Lipinski definition) is 0. The molecule has 0 radical (unpaired) electrons. The number of anilines is 3. The first kappa shape index (κ1) is 25.7. The molecule has 0 bridgehead atoms. The molecule has 0 unspecified atom stereocenters. The van der Waals surface area contributed by atoms with E-state index >= 15 is 0 Å². The minimum Gasteiger partial charge on any atom is -0.302 e. The average Bonchev–Trinajstić information content (AvgIpc) is 3.52. The molecule has 4 aromatic heterocycles. The third-order valence-corrected chi connectivity index (χ3v) is 8.06. The Morgan fingerprint density at radius 3 is 1.77 bits per heavy atom. The van der Waals surface area contributed by atoms with Crippen LogP contribution in [-0.4, -0.2) is 15.0 Å². The summed E-state index contributed by atoms with van der Waals surface area (Å²) < 4.78 is 0. The lowest BCUT2D eigenvalue weighted by atomic mass is 10.1. The average molecular weight is 539 g/mol. The molecule has 4 nitrogen and oxygen atoms in total. The third-order valence-electron chi connectivity index (χ3n) is 6.94. The van der Waals surface area contributed by atoms with Gasteiger partial charge in [-0.25, -0.2) is 4.98 Å². The maximum absolute atomic E-state index is 5.01. The Hall–Kier alpha value is -4.61. The number of hydrogen-bond acceptors (Lipinski definition) is 5. The van der Waals surface area contributed by atoms with E-state index in [0.29, 0.717) is 0 Å². The van der Waals surface area contributed by atoms with E-state index < -0.39 is 0 Å². The van der Waals surface area contributed by atoms with Crippen LogP contribution < -0.4 is 4.90 Å². The van der Waals surface area contributed by atoms with Gasteiger partial charge in [0.15, 0.2) is 0 Å². The van der Waals surface area contributed by atoms with Crippen molar-refractivity contribution >= 4 is 27.7 Å². The number of thiophene rings is 1. The zero-order chi connectivity index (χ0) is 27.3. The Morgan fingerprint density at radius 1 is 0.575 bits per heavy atom. The second kappa shape index (κ2) is 11.6. The fourth-order valence-corrected chi connectivity index (χ4v) is 5.82. The molecule has 4 heterocycles. The van der Waals surface area contributed by atoms with Gasteiger partial charge in [0, 0.05) is 28.6 Å². The second-order valence-electron chi connectivity index (χ2n) is 9.58. The summed E-state index contributed by atoms with van der Waals surface area (Å²) in [6, 6.07) is 38.1. The lowest BCUT2D eigenvalue weighted by Crippen LogP contribution is -2.07. The highest BCUT2D eigenvalue weighted by atomic mass is 32.1. The molecule has 40 heavy (non-hydrogen) atoms. The molecule has 0 atom stereocenters. The van der Waals surface area contributed by atoms with Gasteiger partial charge in [-0.1, -0.05) is 50.2 Å². The zero-order valence-electron chi connectivity index (χ0n) is 22.7. The van der Waals surface area contributed by atoms with E-state index in [4.69, 9.17) is 9.97 Å². The molecule has 0 amide bonds. The molecule has 0 aliphatic carbocycles. The standard InChI is InChI=1S/C35H30N4S/c1-3-25-17-19-36-30(21-25)32-22-26(4-2)23-33(38-32)31-24-27(18-20-37-31)34-15-16-35(40-34)39(28-11-7-5-8-12-28)29-13-9-6-10-14-29/h5-24H,3-4H2,1-2H3. The molecule has 0 aliphatic rings. The van der Waals surface area contributed by atoms with Gasteiger partial charge in [0.05, 0.1) is 22.8 Å². The zero-order valence-corrected chi connectivity index (χ0v) is 23.5. The minimum atomic E-state index is 0.860. The van der Waals surface area contributed by atoms with Gasteiger partial charge in [0.2, 0.25) is 0 Å². The smallest absolute Gasteiger partial charge is 0.101 e. The Balaban J connectivity index is 1.37. The van der Waals surface area contributed by atoms with Gasteiger partial charge in [0.25, 0.3) is 0 Å². The molecule has 0 saturated carbocycles. The number of benzene rings is 2. The summed E-state index contributed by atoms with van der Waals surface area (Å²) in [4.78, 5) is 17.8. The molecular weight excluding hydrogens is 508 g/mol. The van der Waals surface area contributed by atoms with Gasteiger partial charge in [-0.15, -0.1) is 11.3 Å². The quantitative estimate of drug-likeness (QED) is 0.193. The maximum Gasteiger partial charge on any atom is 0.101 e. The van der Waals surface area contributed by atoms with E-state index in [1.165, 1.54) is 16.0 Å². The largest absolute Gasteiger partial charge is 0.302 e. The molecular formula is C35H30N4S. The number of aryl methyl sites for hydroxylation is 2. The highest BCUT2D eigenvalue weighted by molar-refractivity contribution is 7.19. The molecule has 0 aliphatic heterocycles. The van der Waals surface area contributed by atoms with E-state index in [0.717, 1.165) is 57.6 Å². The van der Waals surface area contributed by atoms with Crippen LogP contribution in [0.3, 0.4) is 0 Å². The number of para-hydroxylation sites is 2. The summed E-state index contributed by atoms with van der Waals surface area (Å²) in [7, 11) is 0. The first-order valence-corrected chi connectivity index (χ1v) is 14.5. The molecule has 0 spiro atoms. The van der Waals surface area contributed by atoms with Crippen molar-refractivity contribution < 1.29 is 0 Å². The number of aromatic nitrogens is 3. The van der Waals surface area contributed by atoms with Gasteiger partial charge in [-0.3, -0.25) is 9.97 Å². The van der Waals surface area contributed by atoms with E-state index in [9.17, 15) is 0 Å². The van der Waals surface area contributed by atoms with Crippen LogP contribution in [-0.2, 0) is 12.8 Å². The lowest BCUT2D eigenvalue weighted by Gasteiger charge is -2.23. The predicted molar refractivity (Wildman–Crippen MR) is 167 cm³/mol. The van der Waals surface area contributed by atoms with Crippen molar-refractivity contribution in [3.63, 3.8) is 0 Å².